The molecule has 0 radical (unpaired) electrons. The first kappa shape index (κ1) is 80.1. The number of hydrogen-bond donors (Lipinski definition) is 3. The Kier molecular flexibility index (Phi) is 53.2. The van der Waals surface area contributed by atoms with Crippen LogP contribution >= 0.6 is 15.6 Å². The van der Waals surface area contributed by atoms with Crippen molar-refractivity contribution in [3.05, 3.63) is 0 Å². The summed E-state index contributed by atoms with van der Waals surface area (Å²) in [6.07, 6.45) is 35.0. The SMILES string of the molecule is CCCCCCCCCCC(=O)OC[C@H](COP(=O)(O)OC[C@H](O)COP(=O)(O)OC[C@@H](COC(=O)CCCCCCCCCCC(C)C)OC(=O)CCCCCCCCCCCCC(C)C)OC(=O)CCCCCCCCCC(C)C. The van der Waals surface area contributed by atoms with Crippen LogP contribution in [0.25, 0.3) is 0 Å². The van der Waals surface area contributed by atoms with Crippen LogP contribution in [0.15, 0.2) is 0 Å². The highest BCUT2D eigenvalue weighted by Gasteiger charge is 2.30. The third-order valence-electron chi connectivity index (χ3n) is 14.4. The van der Waals surface area contributed by atoms with E-state index in [1.165, 1.54) is 109 Å². The molecule has 0 bridgehead atoms. The Labute approximate surface area is 498 Å². The Balaban J connectivity index is 5.24. The van der Waals surface area contributed by atoms with Crippen molar-refractivity contribution < 1.29 is 80.2 Å². The molecule has 0 saturated carbocycles. The number of phosphoric ester groups is 2. The number of unbranched alkanes of at least 4 members (excludes halogenated alkanes) is 29. The summed E-state index contributed by atoms with van der Waals surface area (Å²) in [4.78, 5) is 72.1. The van der Waals surface area contributed by atoms with E-state index in [-0.39, 0.29) is 25.7 Å². The van der Waals surface area contributed by atoms with E-state index in [1.54, 1.807) is 0 Å². The number of aliphatic hydroxyl groups excluding tert-OH is 1. The van der Waals surface area contributed by atoms with Gasteiger partial charge >= 0.3 is 39.5 Å². The highest BCUT2D eigenvalue weighted by Crippen LogP contribution is 2.45. The fraction of sp³-hybridized carbons (Fsp3) is 0.937. The largest absolute Gasteiger partial charge is 0.472 e. The van der Waals surface area contributed by atoms with Gasteiger partial charge in [-0.2, -0.15) is 0 Å². The number of carbonyl (C=O) groups excluding carboxylic acids is 4. The fourth-order valence-corrected chi connectivity index (χ4v) is 10.9. The number of carbonyl (C=O) groups is 4. The summed E-state index contributed by atoms with van der Waals surface area (Å²) in [5.74, 6) is 0.0327. The Bertz CT molecular complexity index is 1630. The zero-order chi connectivity index (χ0) is 61.0. The minimum atomic E-state index is -4.94. The molecule has 0 aliphatic heterocycles. The lowest BCUT2D eigenvalue weighted by atomic mass is 10.0. The van der Waals surface area contributed by atoms with Crippen molar-refractivity contribution in [2.24, 2.45) is 17.8 Å². The molecule has 0 rings (SSSR count). The van der Waals surface area contributed by atoms with Crippen molar-refractivity contribution >= 4 is 39.5 Å². The van der Waals surface area contributed by atoms with Crippen LogP contribution in [0.1, 0.15) is 305 Å². The molecule has 0 aromatic rings. The minimum absolute atomic E-state index is 0.103. The maximum Gasteiger partial charge on any atom is 0.472 e. The Morgan fingerprint density at radius 3 is 0.829 bits per heavy atom. The second-order valence-corrected chi connectivity index (χ2v) is 27.1. The Morgan fingerprint density at radius 2 is 0.561 bits per heavy atom. The van der Waals surface area contributed by atoms with Crippen molar-refractivity contribution in [1.82, 2.24) is 0 Å². The molecule has 19 heteroatoms. The van der Waals surface area contributed by atoms with Gasteiger partial charge in [-0.3, -0.25) is 37.3 Å². The van der Waals surface area contributed by atoms with Gasteiger partial charge in [-0.1, -0.05) is 254 Å². The average Bonchev–Trinajstić information content (AvgIpc) is 3.43. The third-order valence-corrected chi connectivity index (χ3v) is 16.3. The van der Waals surface area contributed by atoms with Gasteiger partial charge in [0.2, 0.25) is 0 Å². The van der Waals surface area contributed by atoms with Gasteiger partial charge in [-0.15, -0.1) is 0 Å². The van der Waals surface area contributed by atoms with Crippen LogP contribution in [0.5, 0.6) is 0 Å². The molecule has 0 spiro atoms. The third kappa shape index (κ3) is 57.2. The lowest BCUT2D eigenvalue weighted by Gasteiger charge is -2.21. The molecule has 17 nitrogen and oxygen atoms in total. The summed E-state index contributed by atoms with van der Waals surface area (Å²) in [5, 5.41) is 10.5. The highest BCUT2D eigenvalue weighted by atomic mass is 31.2. The van der Waals surface area contributed by atoms with Gasteiger partial charge in [0.05, 0.1) is 26.4 Å². The van der Waals surface area contributed by atoms with Gasteiger partial charge in [-0.05, 0) is 43.4 Å². The molecule has 0 aromatic carbocycles. The molecule has 3 N–H and O–H groups in total. The monoisotopic (exact) mass is 1210 g/mol. The summed E-state index contributed by atoms with van der Waals surface area (Å²) >= 11 is 0. The van der Waals surface area contributed by atoms with Crippen LogP contribution in [0.2, 0.25) is 0 Å². The molecular weight excluding hydrogens is 1090 g/mol. The van der Waals surface area contributed by atoms with E-state index in [2.05, 4.69) is 48.5 Å². The molecule has 0 saturated heterocycles. The van der Waals surface area contributed by atoms with Crippen molar-refractivity contribution in [2.75, 3.05) is 39.6 Å². The number of aliphatic hydroxyl groups is 1. The summed E-state index contributed by atoms with van der Waals surface area (Å²) in [7, 11) is -9.88. The number of hydrogen-bond acceptors (Lipinski definition) is 15. The van der Waals surface area contributed by atoms with E-state index in [4.69, 9.17) is 37.0 Å². The minimum Gasteiger partial charge on any atom is -0.462 e. The molecule has 0 aromatic heterocycles. The number of phosphoric acid groups is 2. The first-order valence-corrected chi connectivity index (χ1v) is 35.8. The number of rotatable bonds is 61. The topological polar surface area (TPSA) is 237 Å². The zero-order valence-electron chi connectivity index (χ0n) is 52.9. The number of ether oxygens (including phenoxy) is 4. The van der Waals surface area contributed by atoms with E-state index in [9.17, 15) is 43.2 Å². The van der Waals surface area contributed by atoms with E-state index < -0.39 is 97.5 Å². The molecular formula is C63H122O17P2. The molecule has 0 aliphatic carbocycles. The number of esters is 4. The highest BCUT2D eigenvalue weighted by molar-refractivity contribution is 7.47. The van der Waals surface area contributed by atoms with Gasteiger partial charge in [0.1, 0.15) is 19.3 Å². The van der Waals surface area contributed by atoms with Gasteiger partial charge in [0.15, 0.2) is 12.2 Å². The fourth-order valence-electron chi connectivity index (χ4n) is 9.30. The van der Waals surface area contributed by atoms with Crippen LogP contribution < -0.4 is 0 Å². The normalized spacial score (nSPS) is 14.4. The molecule has 0 heterocycles. The predicted molar refractivity (Wildman–Crippen MR) is 326 cm³/mol. The van der Waals surface area contributed by atoms with Crippen molar-refractivity contribution in [3.63, 3.8) is 0 Å². The Morgan fingerprint density at radius 1 is 0.329 bits per heavy atom. The molecule has 0 fully saturated rings. The maximum atomic E-state index is 13.0. The molecule has 82 heavy (non-hydrogen) atoms. The maximum absolute atomic E-state index is 13.0. The van der Waals surface area contributed by atoms with Crippen molar-refractivity contribution in [1.29, 1.82) is 0 Å². The second kappa shape index (κ2) is 54.5. The van der Waals surface area contributed by atoms with Gasteiger partial charge < -0.3 is 33.8 Å². The molecule has 0 aliphatic rings. The molecule has 5 atom stereocenters. The van der Waals surface area contributed by atoms with Crippen LogP contribution in [0.3, 0.4) is 0 Å². The average molecular weight is 1210 g/mol. The smallest absolute Gasteiger partial charge is 0.462 e. The van der Waals surface area contributed by atoms with Crippen LogP contribution in [0, 0.1) is 17.8 Å². The van der Waals surface area contributed by atoms with Crippen LogP contribution in [0.4, 0.5) is 0 Å². The summed E-state index contributed by atoms with van der Waals surface area (Å²) in [6, 6.07) is 0. The first-order valence-electron chi connectivity index (χ1n) is 32.8. The quantitative estimate of drug-likeness (QED) is 0.0222. The van der Waals surface area contributed by atoms with E-state index in [0.717, 1.165) is 108 Å². The lowest BCUT2D eigenvalue weighted by molar-refractivity contribution is -0.161. The zero-order valence-corrected chi connectivity index (χ0v) is 54.7. The molecule has 0 amide bonds. The van der Waals surface area contributed by atoms with Gasteiger partial charge in [0, 0.05) is 25.7 Å². The van der Waals surface area contributed by atoms with Gasteiger partial charge in [0.25, 0.3) is 0 Å². The molecule has 2 unspecified atom stereocenters. The van der Waals surface area contributed by atoms with Crippen molar-refractivity contribution in [3.8, 4) is 0 Å². The Hall–Kier alpha value is -1.94. The summed E-state index contributed by atoms with van der Waals surface area (Å²) in [5.41, 5.74) is 0. The standard InChI is InChI=1S/C63H122O17P2/c1-8-9-10-11-12-23-30-37-44-60(65)73-50-59(80-63(68)47-40-33-26-19-22-29-36-43-56(6)7)53-78-82(71,72)76-49-57(64)48-75-81(69,70)77-52-58(51-74-61(66)45-38-31-24-18-17-21-28-35-42-55(4)5)79-62(67)46-39-32-25-16-14-13-15-20-27-34-41-54(2)3/h54-59,64H,8-53H2,1-7H3,(H,69,70)(H,71,72)/t57-,58-,59-/m1/s1. The van der Waals surface area contributed by atoms with E-state index >= 15 is 0 Å². The summed E-state index contributed by atoms with van der Waals surface area (Å²) < 4.78 is 67.9. The lowest BCUT2D eigenvalue weighted by Crippen LogP contribution is -2.30. The first-order chi connectivity index (χ1) is 39.2. The summed E-state index contributed by atoms with van der Waals surface area (Å²) in [6.45, 7) is 11.7. The second-order valence-electron chi connectivity index (χ2n) is 24.2. The van der Waals surface area contributed by atoms with Crippen molar-refractivity contribution in [2.45, 2.75) is 324 Å². The molecule has 486 valence electrons. The van der Waals surface area contributed by atoms with Crippen LogP contribution in [-0.4, -0.2) is 96.7 Å². The van der Waals surface area contributed by atoms with Crippen LogP contribution in [-0.2, 0) is 65.4 Å². The van der Waals surface area contributed by atoms with E-state index in [1.807, 2.05) is 0 Å². The predicted octanol–water partition coefficient (Wildman–Crippen LogP) is 17.1. The van der Waals surface area contributed by atoms with Gasteiger partial charge in [-0.25, -0.2) is 9.13 Å². The van der Waals surface area contributed by atoms with E-state index in [0.29, 0.717) is 31.6 Å².